The quantitative estimate of drug-likeness (QED) is 0.516. The number of hydrogen-bond acceptors (Lipinski definition) is 3. The van der Waals surface area contributed by atoms with Crippen LogP contribution in [0.1, 0.15) is 36.2 Å². The van der Waals surface area contributed by atoms with Crippen LogP contribution in [-0.4, -0.2) is 18.2 Å². The molecule has 0 unspecified atom stereocenters. The summed E-state index contributed by atoms with van der Waals surface area (Å²) in [6.45, 7) is 4.48. The average molecular weight is 346 g/mol. The van der Waals surface area contributed by atoms with Crippen molar-refractivity contribution in [3.63, 3.8) is 0 Å². The maximum absolute atomic E-state index is 12.5. The summed E-state index contributed by atoms with van der Waals surface area (Å²) in [4.78, 5) is 12.5. The summed E-state index contributed by atoms with van der Waals surface area (Å²) in [5, 5.41) is 6.58. The number of nitrogens with zero attached hydrogens (tertiary/aromatic N) is 1. The SMILES string of the molecule is CCCOc1ccccc1C(=O)NN=C(C)c1ccc2ccccc2c1. The zero-order chi connectivity index (χ0) is 18.4. The molecule has 0 atom stereocenters. The van der Waals surface area contributed by atoms with E-state index in [9.17, 15) is 4.79 Å². The molecule has 0 fully saturated rings. The van der Waals surface area contributed by atoms with Gasteiger partial charge in [0.25, 0.3) is 5.91 Å². The molecule has 0 aliphatic rings. The van der Waals surface area contributed by atoms with Crippen molar-refractivity contribution in [3.05, 3.63) is 77.9 Å². The molecule has 132 valence electrons. The van der Waals surface area contributed by atoms with Crippen molar-refractivity contribution in [1.29, 1.82) is 0 Å². The molecule has 1 amide bonds. The molecule has 3 aromatic rings. The van der Waals surface area contributed by atoms with Crippen molar-refractivity contribution in [2.24, 2.45) is 5.10 Å². The van der Waals surface area contributed by atoms with Crippen molar-refractivity contribution >= 4 is 22.4 Å². The van der Waals surface area contributed by atoms with Crippen LogP contribution in [0.25, 0.3) is 10.8 Å². The normalized spacial score (nSPS) is 11.4. The van der Waals surface area contributed by atoms with Crippen molar-refractivity contribution < 1.29 is 9.53 Å². The first kappa shape index (κ1) is 17.7. The summed E-state index contributed by atoms with van der Waals surface area (Å²) in [5.41, 5.74) is 4.83. The van der Waals surface area contributed by atoms with Gasteiger partial charge < -0.3 is 4.74 Å². The highest BCUT2D eigenvalue weighted by Crippen LogP contribution is 2.18. The van der Waals surface area contributed by atoms with Gasteiger partial charge in [-0.3, -0.25) is 4.79 Å². The topological polar surface area (TPSA) is 50.7 Å². The summed E-state index contributed by atoms with van der Waals surface area (Å²) < 4.78 is 5.64. The number of carbonyl (C=O) groups is 1. The zero-order valence-electron chi connectivity index (χ0n) is 15.0. The van der Waals surface area contributed by atoms with E-state index in [1.54, 1.807) is 12.1 Å². The molecule has 4 nitrogen and oxygen atoms in total. The van der Waals surface area contributed by atoms with E-state index in [1.165, 1.54) is 5.39 Å². The fourth-order valence-electron chi connectivity index (χ4n) is 2.67. The van der Waals surface area contributed by atoms with E-state index in [4.69, 9.17) is 4.74 Å². The summed E-state index contributed by atoms with van der Waals surface area (Å²) in [6.07, 6.45) is 0.884. The minimum absolute atomic E-state index is 0.281. The number of hydrazone groups is 1. The van der Waals surface area contributed by atoms with Gasteiger partial charge in [0.05, 0.1) is 17.9 Å². The molecule has 0 bridgehead atoms. The van der Waals surface area contributed by atoms with E-state index in [1.807, 2.05) is 44.2 Å². The molecule has 1 N–H and O–H groups in total. The number of nitrogens with one attached hydrogen (secondary N) is 1. The van der Waals surface area contributed by atoms with Crippen LogP contribution in [0.5, 0.6) is 5.75 Å². The Bertz CT molecular complexity index is 948. The van der Waals surface area contributed by atoms with Crippen LogP contribution in [-0.2, 0) is 0 Å². The lowest BCUT2D eigenvalue weighted by Gasteiger charge is -2.10. The van der Waals surface area contributed by atoms with Gasteiger partial charge in [0.15, 0.2) is 0 Å². The van der Waals surface area contributed by atoms with E-state index < -0.39 is 0 Å². The monoisotopic (exact) mass is 346 g/mol. The molecule has 4 heteroatoms. The van der Waals surface area contributed by atoms with Crippen molar-refractivity contribution in [2.75, 3.05) is 6.61 Å². The molecular formula is C22H22N2O2. The van der Waals surface area contributed by atoms with Gasteiger partial charge in [0.2, 0.25) is 0 Å². The highest BCUT2D eigenvalue weighted by molar-refractivity contribution is 6.03. The van der Waals surface area contributed by atoms with Gasteiger partial charge >= 0.3 is 0 Å². The molecule has 0 aliphatic carbocycles. The fourth-order valence-corrected chi connectivity index (χ4v) is 2.67. The summed E-state index contributed by atoms with van der Waals surface area (Å²) in [7, 11) is 0. The van der Waals surface area contributed by atoms with Crippen LogP contribution in [0.15, 0.2) is 71.8 Å². The second kappa shape index (κ2) is 8.30. The minimum atomic E-state index is -0.281. The van der Waals surface area contributed by atoms with Crippen LogP contribution in [0, 0.1) is 0 Å². The van der Waals surface area contributed by atoms with Crippen LogP contribution in [0.4, 0.5) is 0 Å². The molecular weight excluding hydrogens is 324 g/mol. The Hall–Kier alpha value is -3.14. The Labute approximate surface area is 153 Å². The van der Waals surface area contributed by atoms with E-state index in [-0.39, 0.29) is 5.91 Å². The molecule has 0 spiro atoms. The summed E-state index contributed by atoms with van der Waals surface area (Å²) in [6, 6.07) is 21.5. The highest BCUT2D eigenvalue weighted by atomic mass is 16.5. The third kappa shape index (κ3) is 4.09. The molecule has 0 aromatic heterocycles. The lowest BCUT2D eigenvalue weighted by Crippen LogP contribution is -2.20. The lowest BCUT2D eigenvalue weighted by atomic mass is 10.0. The van der Waals surface area contributed by atoms with Gasteiger partial charge in [0, 0.05) is 0 Å². The van der Waals surface area contributed by atoms with E-state index in [0.717, 1.165) is 23.1 Å². The molecule has 3 aromatic carbocycles. The largest absolute Gasteiger partial charge is 0.493 e. The Balaban J connectivity index is 1.77. The van der Waals surface area contributed by atoms with Gasteiger partial charge in [-0.15, -0.1) is 0 Å². The van der Waals surface area contributed by atoms with Gasteiger partial charge in [-0.25, -0.2) is 5.43 Å². The van der Waals surface area contributed by atoms with Gasteiger partial charge in [-0.2, -0.15) is 5.10 Å². The smallest absolute Gasteiger partial charge is 0.275 e. The molecule has 0 aliphatic heterocycles. The Morgan fingerprint density at radius 1 is 1.00 bits per heavy atom. The number of benzene rings is 3. The standard InChI is InChI=1S/C22H22N2O2/c1-3-14-26-21-11-7-6-10-20(21)22(25)24-23-16(2)18-13-12-17-8-4-5-9-19(17)15-18/h4-13,15H,3,14H2,1-2H3,(H,24,25). The zero-order valence-corrected chi connectivity index (χ0v) is 15.0. The van der Waals surface area contributed by atoms with Crippen LogP contribution < -0.4 is 10.2 Å². The maximum Gasteiger partial charge on any atom is 0.275 e. The number of fused-ring (bicyclic) bond motifs is 1. The van der Waals surface area contributed by atoms with Crippen molar-refractivity contribution in [3.8, 4) is 5.75 Å². The first-order valence-electron chi connectivity index (χ1n) is 8.74. The second-order valence-electron chi connectivity index (χ2n) is 6.04. The van der Waals surface area contributed by atoms with Crippen molar-refractivity contribution in [1.82, 2.24) is 5.43 Å². The first-order valence-corrected chi connectivity index (χ1v) is 8.74. The predicted molar refractivity (Wildman–Crippen MR) is 106 cm³/mol. The summed E-state index contributed by atoms with van der Waals surface area (Å²) in [5.74, 6) is 0.294. The van der Waals surface area contributed by atoms with Gasteiger partial charge in [-0.1, -0.05) is 55.5 Å². The number of para-hydroxylation sites is 1. The van der Waals surface area contributed by atoms with E-state index in [0.29, 0.717) is 17.9 Å². The molecule has 0 radical (unpaired) electrons. The van der Waals surface area contributed by atoms with Crippen LogP contribution >= 0.6 is 0 Å². The Morgan fingerprint density at radius 2 is 1.73 bits per heavy atom. The molecule has 0 saturated carbocycles. The number of hydrogen-bond donors (Lipinski definition) is 1. The molecule has 26 heavy (non-hydrogen) atoms. The Kier molecular flexibility index (Phi) is 5.64. The third-order valence-corrected chi connectivity index (χ3v) is 4.09. The third-order valence-electron chi connectivity index (χ3n) is 4.09. The number of carbonyl (C=O) groups excluding carboxylic acids is 1. The molecule has 0 heterocycles. The van der Waals surface area contributed by atoms with Gasteiger partial charge in [-0.05, 0) is 47.9 Å². The predicted octanol–water partition coefficient (Wildman–Crippen LogP) is 4.78. The number of ether oxygens (including phenoxy) is 1. The van der Waals surface area contributed by atoms with Crippen LogP contribution in [0.3, 0.4) is 0 Å². The molecule has 0 saturated heterocycles. The van der Waals surface area contributed by atoms with Gasteiger partial charge in [0.1, 0.15) is 5.75 Å². The lowest BCUT2D eigenvalue weighted by molar-refractivity contribution is 0.0950. The number of rotatable bonds is 6. The molecule has 3 rings (SSSR count). The highest BCUT2D eigenvalue weighted by Gasteiger charge is 2.11. The summed E-state index contributed by atoms with van der Waals surface area (Å²) >= 11 is 0. The second-order valence-corrected chi connectivity index (χ2v) is 6.04. The minimum Gasteiger partial charge on any atom is -0.493 e. The first-order chi connectivity index (χ1) is 12.7. The maximum atomic E-state index is 12.5. The Morgan fingerprint density at radius 3 is 2.54 bits per heavy atom. The fraction of sp³-hybridized carbons (Fsp3) is 0.182. The average Bonchev–Trinajstić information content (AvgIpc) is 2.70. The van der Waals surface area contributed by atoms with Crippen molar-refractivity contribution in [2.45, 2.75) is 20.3 Å². The number of amides is 1. The van der Waals surface area contributed by atoms with E-state index >= 15 is 0 Å². The van der Waals surface area contributed by atoms with Crippen LogP contribution in [0.2, 0.25) is 0 Å². The van der Waals surface area contributed by atoms with E-state index in [2.05, 4.69) is 34.8 Å².